The molecule has 0 fully saturated rings. The molecule has 0 radical (unpaired) electrons. The van der Waals surface area contributed by atoms with E-state index >= 15 is 0 Å². The summed E-state index contributed by atoms with van der Waals surface area (Å²) in [5.41, 5.74) is 4.79. The van der Waals surface area contributed by atoms with Crippen LogP contribution in [0.3, 0.4) is 0 Å². The quantitative estimate of drug-likeness (QED) is 0.681. The van der Waals surface area contributed by atoms with E-state index in [2.05, 4.69) is 12.2 Å². The number of halogens is 2. The number of aryl methyl sites for hydroxylation is 1. The Morgan fingerprint density at radius 3 is 2.80 bits per heavy atom. The van der Waals surface area contributed by atoms with Crippen molar-refractivity contribution in [2.75, 3.05) is 13.1 Å². The molecular formula is C20H25Cl2N3. The molecule has 1 N–H and O–H groups in total. The molecule has 2 aromatic rings. The second-order valence-corrected chi connectivity index (χ2v) is 7.54. The van der Waals surface area contributed by atoms with Gasteiger partial charge in [-0.05, 0) is 56.0 Å². The number of rotatable bonds is 7. The van der Waals surface area contributed by atoms with E-state index in [1.807, 2.05) is 25.1 Å². The maximum atomic E-state index is 6.45. The summed E-state index contributed by atoms with van der Waals surface area (Å²) < 4.78 is 0. The zero-order valence-corrected chi connectivity index (χ0v) is 16.4. The van der Waals surface area contributed by atoms with Crippen LogP contribution in [-0.4, -0.2) is 23.1 Å². The van der Waals surface area contributed by atoms with Crippen LogP contribution in [0.1, 0.15) is 60.4 Å². The SMILES string of the molecule is CCCCNCCc1nc(C)nc2c1CCC2c1ccc(Cl)cc1Cl. The van der Waals surface area contributed by atoms with E-state index in [0.29, 0.717) is 5.02 Å². The lowest BCUT2D eigenvalue weighted by Crippen LogP contribution is -2.20. The molecule has 1 atom stereocenters. The second-order valence-electron chi connectivity index (χ2n) is 6.69. The predicted molar refractivity (Wildman–Crippen MR) is 105 cm³/mol. The van der Waals surface area contributed by atoms with Crippen LogP contribution < -0.4 is 5.32 Å². The van der Waals surface area contributed by atoms with E-state index in [-0.39, 0.29) is 5.92 Å². The monoisotopic (exact) mass is 377 g/mol. The molecule has 0 spiro atoms. The minimum absolute atomic E-state index is 0.244. The van der Waals surface area contributed by atoms with Crippen molar-refractivity contribution in [2.24, 2.45) is 0 Å². The summed E-state index contributed by atoms with van der Waals surface area (Å²) >= 11 is 12.5. The fraction of sp³-hybridized carbons (Fsp3) is 0.500. The molecule has 0 aliphatic heterocycles. The number of hydrogen-bond donors (Lipinski definition) is 1. The average molecular weight is 378 g/mol. The number of fused-ring (bicyclic) bond motifs is 1. The van der Waals surface area contributed by atoms with Crippen LogP contribution >= 0.6 is 23.2 Å². The smallest absolute Gasteiger partial charge is 0.125 e. The van der Waals surface area contributed by atoms with Crippen molar-refractivity contribution in [3.63, 3.8) is 0 Å². The van der Waals surface area contributed by atoms with E-state index in [1.165, 1.54) is 24.1 Å². The first-order valence-corrected chi connectivity index (χ1v) is 9.87. The van der Waals surface area contributed by atoms with Gasteiger partial charge in [-0.15, -0.1) is 0 Å². The summed E-state index contributed by atoms with van der Waals surface area (Å²) in [7, 11) is 0. The van der Waals surface area contributed by atoms with Crippen LogP contribution in [0, 0.1) is 6.92 Å². The van der Waals surface area contributed by atoms with Crippen LogP contribution in [0.25, 0.3) is 0 Å². The fourth-order valence-corrected chi connectivity index (χ4v) is 4.13. The third kappa shape index (κ3) is 4.33. The molecule has 1 aromatic heterocycles. The Kier molecular flexibility index (Phi) is 6.32. The number of aromatic nitrogens is 2. The maximum absolute atomic E-state index is 6.45. The van der Waals surface area contributed by atoms with Crippen molar-refractivity contribution in [1.82, 2.24) is 15.3 Å². The van der Waals surface area contributed by atoms with Gasteiger partial charge in [0.25, 0.3) is 0 Å². The molecule has 1 aliphatic carbocycles. The largest absolute Gasteiger partial charge is 0.316 e. The first kappa shape index (κ1) is 18.6. The van der Waals surface area contributed by atoms with Crippen molar-refractivity contribution in [3.05, 3.63) is 56.6 Å². The van der Waals surface area contributed by atoms with Gasteiger partial charge in [0.05, 0.1) is 5.69 Å². The average Bonchev–Trinajstić information content (AvgIpc) is 2.98. The van der Waals surface area contributed by atoms with Crippen LogP contribution in [0.2, 0.25) is 10.0 Å². The predicted octanol–water partition coefficient (Wildman–Crippen LogP) is 5.10. The summed E-state index contributed by atoms with van der Waals surface area (Å²) in [4.78, 5) is 9.49. The minimum Gasteiger partial charge on any atom is -0.316 e. The summed E-state index contributed by atoms with van der Waals surface area (Å²) in [5.74, 6) is 1.09. The fourth-order valence-electron chi connectivity index (χ4n) is 3.59. The molecule has 3 nitrogen and oxygen atoms in total. The van der Waals surface area contributed by atoms with Crippen LogP contribution in [0.5, 0.6) is 0 Å². The number of nitrogens with zero attached hydrogens (tertiary/aromatic N) is 2. The molecule has 1 heterocycles. The molecule has 134 valence electrons. The van der Waals surface area contributed by atoms with E-state index in [4.69, 9.17) is 33.2 Å². The van der Waals surface area contributed by atoms with Crippen LogP contribution in [-0.2, 0) is 12.8 Å². The van der Waals surface area contributed by atoms with E-state index in [0.717, 1.165) is 54.5 Å². The van der Waals surface area contributed by atoms with Gasteiger partial charge in [0.15, 0.2) is 0 Å². The van der Waals surface area contributed by atoms with E-state index in [1.54, 1.807) is 0 Å². The number of unbranched alkanes of at least 4 members (excludes halogenated alkanes) is 1. The Bertz CT molecular complexity index is 746. The molecule has 1 aromatic carbocycles. The van der Waals surface area contributed by atoms with E-state index in [9.17, 15) is 0 Å². The van der Waals surface area contributed by atoms with Gasteiger partial charge in [-0.25, -0.2) is 9.97 Å². The standard InChI is InChI=1S/C20H25Cl2N3/c1-3-4-10-23-11-9-19-17-8-7-16(20(17)25-13(2)24-19)15-6-5-14(21)12-18(15)22/h5-6,12,16,23H,3-4,7-11H2,1-2H3. The molecule has 25 heavy (non-hydrogen) atoms. The van der Waals surface area contributed by atoms with Crippen molar-refractivity contribution in [2.45, 2.75) is 51.9 Å². The first-order valence-electron chi connectivity index (χ1n) is 9.12. The van der Waals surface area contributed by atoms with Crippen molar-refractivity contribution < 1.29 is 0 Å². The molecule has 1 unspecified atom stereocenters. The summed E-state index contributed by atoms with van der Waals surface area (Å²) in [5, 5.41) is 4.90. The highest BCUT2D eigenvalue weighted by molar-refractivity contribution is 6.35. The Morgan fingerprint density at radius 1 is 1.20 bits per heavy atom. The third-order valence-corrected chi connectivity index (χ3v) is 5.40. The van der Waals surface area contributed by atoms with Gasteiger partial charge in [0.1, 0.15) is 5.82 Å². The Labute approximate surface area is 160 Å². The zero-order valence-electron chi connectivity index (χ0n) is 14.9. The number of benzene rings is 1. The summed E-state index contributed by atoms with van der Waals surface area (Å²) in [6.07, 6.45) is 5.45. The highest BCUT2D eigenvalue weighted by Crippen LogP contribution is 2.41. The van der Waals surface area contributed by atoms with Gasteiger partial charge in [-0.3, -0.25) is 0 Å². The Hall–Kier alpha value is -1.16. The zero-order chi connectivity index (χ0) is 17.8. The second kappa shape index (κ2) is 8.48. The van der Waals surface area contributed by atoms with Gasteiger partial charge < -0.3 is 5.32 Å². The molecule has 0 saturated carbocycles. The highest BCUT2D eigenvalue weighted by Gasteiger charge is 2.30. The van der Waals surface area contributed by atoms with Gasteiger partial charge in [-0.2, -0.15) is 0 Å². The molecule has 3 rings (SSSR count). The van der Waals surface area contributed by atoms with Crippen molar-refractivity contribution >= 4 is 23.2 Å². The molecule has 0 amide bonds. The normalized spacial score (nSPS) is 16.2. The lowest BCUT2D eigenvalue weighted by Gasteiger charge is -2.15. The summed E-state index contributed by atoms with van der Waals surface area (Å²) in [6.45, 7) is 6.23. The molecule has 5 heteroatoms. The summed E-state index contributed by atoms with van der Waals surface area (Å²) in [6, 6.07) is 5.77. The van der Waals surface area contributed by atoms with Crippen molar-refractivity contribution in [1.29, 1.82) is 0 Å². The number of hydrogen-bond acceptors (Lipinski definition) is 3. The molecule has 0 bridgehead atoms. The third-order valence-electron chi connectivity index (χ3n) is 4.83. The van der Waals surface area contributed by atoms with Crippen LogP contribution in [0.15, 0.2) is 18.2 Å². The molecule has 1 aliphatic rings. The number of nitrogens with one attached hydrogen (secondary N) is 1. The molecule has 0 saturated heterocycles. The highest BCUT2D eigenvalue weighted by atomic mass is 35.5. The van der Waals surface area contributed by atoms with Gasteiger partial charge in [0, 0.05) is 34.6 Å². The Balaban J connectivity index is 1.82. The van der Waals surface area contributed by atoms with Gasteiger partial charge >= 0.3 is 0 Å². The first-order chi connectivity index (χ1) is 12.1. The van der Waals surface area contributed by atoms with E-state index < -0.39 is 0 Å². The van der Waals surface area contributed by atoms with Gasteiger partial charge in [0.2, 0.25) is 0 Å². The lowest BCUT2D eigenvalue weighted by atomic mass is 9.96. The Morgan fingerprint density at radius 2 is 2.04 bits per heavy atom. The van der Waals surface area contributed by atoms with Gasteiger partial charge in [-0.1, -0.05) is 42.6 Å². The van der Waals surface area contributed by atoms with Crippen molar-refractivity contribution in [3.8, 4) is 0 Å². The maximum Gasteiger partial charge on any atom is 0.125 e. The molecular weight excluding hydrogens is 353 g/mol. The minimum atomic E-state index is 0.244. The topological polar surface area (TPSA) is 37.8 Å². The van der Waals surface area contributed by atoms with Crippen LogP contribution in [0.4, 0.5) is 0 Å². The lowest BCUT2D eigenvalue weighted by molar-refractivity contribution is 0.633.